The summed E-state index contributed by atoms with van der Waals surface area (Å²) in [5, 5.41) is 2.67. The highest BCUT2D eigenvalue weighted by Crippen LogP contribution is 2.35. The topological polar surface area (TPSA) is 68.0 Å². The Hall–Kier alpha value is -1.49. The van der Waals surface area contributed by atoms with E-state index in [0.717, 1.165) is 44.7 Å². The third kappa shape index (κ3) is 3.10. The summed E-state index contributed by atoms with van der Waals surface area (Å²) in [4.78, 5) is 16.1. The van der Waals surface area contributed by atoms with Crippen LogP contribution in [0.3, 0.4) is 0 Å². The number of aromatic nitrogens is 1. The second kappa shape index (κ2) is 6.10. The first-order valence-corrected chi connectivity index (χ1v) is 6.79. The zero-order chi connectivity index (χ0) is 13.7. The van der Waals surface area contributed by atoms with Gasteiger partial charge >= 0.3 is 0 Å². The van der Waals surface area contributed by atoms with Gasteiger partial charge in [-0.25, -0.2) is 4.39 Å². The summed E-state index contributed by atoms with van der Waals surface area (Å²) >= 11 is 0. The Kier molecular flexibility index (Phi) is 4.47. The van der Waals surface area contributed by atoms with Crippen LogP contribution in [0.1, 0.15) is 38.5 Å². The number of rotatable bonds is 3. The molecule has 2 rings (SSSR count). The van der Waals surface area contributed by atoms with Gasteiger partial charge in [-0.3, -0.25) is 9.78 Å². The standard InChI is InChI=1S/C14H20FN3O/c15-11-9-17-8-5-12(11)18-13(19)14(10-16)6-3-1-2-4-7-14/h5,8-9H,1-4,6-7,10,16H2,(H,17,18,19). The van der Waals surface area contributed by atoms with E-state index in [1.54, 1.807) is 0 Å². The van der Waals surface area contributed by atoms with Crippen LogP contribution in [0.2, 0.25) is 0 Å². The molecule has 0 spiro atoms. The maximum atomic E-state index is 13.5. The second-order valence-corrected chi connectivity index (χ2v) is 5.21. The van der Waals surface area contributed by atoms with E-state index >= 15 is 0 Å². The van der Waals surface area contributed by atoms with Gasteiger partial charge in [0, 0.05) is 12.7 Å². The Morgan fingerprint density at radius 1 is 1.37 bits per heavy atom. The minimum absolute atomic E-state index is 0.165. The van der Waals surface area contributed by atoms with E-state index in [9.17, 15) is 9.18 Å². The molecule has 1 aromatic rings. The van der Waals surface area contributed by atoms with Gasteiger partial charge in [-0.2, -0.15) is 0 Å². The quantitative estimate of drug-likeness (QED) is 0.825. The number of anilines is 1. The van der Waals surface area contributed by atoms with Crippen molar-refractivity contribution in [2.75, 3.05) is 11.9 Å². The number of hydrogen-bond acceptors (Lipinski definition) is 3. The summed E-state index contributed by atoms with van der Waals surface area (Å²) in [5.41, 5.74) is 5.46. The first-order chi connectivity index (χ1) is 9.18. The minimum atomic E-state index is -0.549. The summed E-state index contributed by atoms with van der Waals surface area (Å²) < 4.78 is 13.5. The number of pyridine rings is 1. The average Bonchev–Trinajstić information content (AvgIpc) is 2.67. The Morgan fingerprint density at radius 3 is 2.63 bits per heavy atom. The first kappa shape index (κ1) is 13.9. The van der Waals surface area contributed by atoms with Crippen LogP contribution in [0.5, 0.6) is 0 Å². The Bertz CT molecular complexity index is 442. The molecule has 1 aromatic heterocycles. The molecule has 0 saturated heterocycles. The van der Waals surface area contributed by atoms with E-state index in [0.29, 0.717) is 6.54 Å². The highest BCUT2D eigenvalue weighted by atomic mass is 19.1. The number of hydrogen-bond donors (Lipinski definition) is 2. The fourth-order valence-corrected chi connectivity index (χ4v) is 2.66. The first-order valence-electron chi connectivity index (χ1n) is 6.79. The number of nitrogens with one attached hydrogen (secondary N) is 1. The second-order valence-electron chi connectivity index (χ2n) is 5.21. The van der Waals surface area contributed by atoms with Gasteiger partial charge in [0.2, 0.25) is 5.91 Å². The molecule has 4 nitrogen and oxygen atoms in total. The van der Waals surface area contributed by atoms with Crippen molar-refractivity contribution < 1.29 is 9.18 Å². The van der Waals surface area contributed by atoms with Crippen molar-refractivity contribution in [3.8, 4) is 0 Å². The largest absolute Gasteiger partial charge is 0.329 e. The molecule has 1 aliphatic carbocycles. The van der Waals surface area contributed by atoms with Crippen molar-refractivity contribution in [2.45, 2.75) is 38.5 Å². The Morgan fingerprint density at radius 2 is 2.05 bits per heavy atom. The third-order valence-corrected chi connectivity index (χ3v) is 3.95. The molecule has 1 saturated carbocycles. The van der Waals surface area contributed by atoms with E-state index < -0.39 is 11.2 Å². The lowest BCUT2D eigenvalue weighted by molar-refractivity contribution is -0.125. The van der Waals surface area contributed by atoms with Gasteiger partial charge in [0.1, 0.15) is 0 Å². The van der Waals surface area contributed by atoms with Gasteiger partial charge in [-0.05, 0) is 18.9 Å². The maximum Gasteiger partial charge on any atom is 0.231 e. The van der Waals surface area contributed by atoms with Crippen LogP contribution in [0.4, 0.5) is 10.1 Å². The summed E-state index contributed by atoms with van der Waals surface area (Å²) in [6, 6.07) is 1.47. The van der Waals surface area contributed by atoms with Crippen LogP contribution in [0.15, 0.2) is 18.5 Å². The van der Waals surface area contributed by atoms with Crippen molar-refractivity contribution in [3.05, 3.63) is 24.3 Å². The fourth-order valence-electron chi connectivity index (χ4n) is 2.66. The number of amides is 1. The molecule has 0 aliphatic heterocycles. The maximum absolute atomic E-state index is 13.5. The van der Waals surface area contributed by atoms with E-state index in [1.165, 1.54) is 12.3 Å². The molecule has 0 radical (unpaired) electrons. The minimum Gasteiger partial charge on any atom is -0.329 e. The molecule has 0 bridgehead atoms. The molecule has 1 amide bonds. The van der Waals surface area contributed by atoms with Crippen LogP contribution >= 0.6 is 0 Å². The van der Waals surface area contributed by atoms with Crippen molar-refractivity contribution in [2.24, 2.45) is 11.1 Å². The molecular weight excluding hydrogens is 245 g/mol. The van der Waals surface area contributed by atoms with Gasteiger partial charge in [0.25, 0.3) is 0 Å². The zero-order valence-corrected chi connectivity index (χ0v) is 11.0. The molecule has 3 N–H and O–H groups in total. The molecule has 1 heterocycles. The molecule has 0 aromatic carbocycles. The monoisotopic (exact) mass is 265 g/mol. The molecule has 1 fully saturated rings. The molecule has 0 atom stereocenters. The lowest BCUT2D eigenvalue weighted by Crippen LogP contribution is -2.42. The predicted octanol–water partition coefficient (Wildman–Crippen LogP) is 2.46. The van der Waals surface area contributed by atoms with Gasteiger partial charge in [-0.15, -0.1) is 0 Å². The van der Waals surface area contributed by atoms with Crippen molar-refractivity contribution in [1.29, 1.82) is 0 Å². The van der Waals surface area contributed by atoms with Crippen molar-refractivity contribution in [1.82, 2.24) is 4.98 Å². The predicted molar refractivity (Wildman–Crippen MR) is 72.0 cm³/mol. The van der Waals surface area contributed by atoms with E-state index in [2.05, 4.69) is 10.3 Å². The lowest BCUT2D eigenvalue weighted by atomic mass is 9.79. The Labute approximate surface area is 112 Å². The van der Waals surface area contributed by atoms with Gasteiger partial charge < -0.3 is 11.1 Å². The van der Waals surface area contributed by atoms with Gasteiger partial charge in [0.05, 0.1) is 17.3 Å². The summed E-state index contributed by atoms with van der Waals surface area (Å²) in [7, 11) is 0. The lowest BCUT2D eigenvalue weighted by Gasteiger charge is -2.29. The normalized spacial score (nSPS) is 18.6. The molecule has 1 aliphatic rings. The fraction of sp³-hybridized carbons (Fsp3) is 0.571. The van der Waals surface area contributed by atoms with E-state index in [4.69, 9.17) is 5.73 Å². The van der Waals surface area contributed by atoms with Crippen LogP contribution in [-0.4, -0.2) is 17.4 Å². The summed E-state index contributed by atoms with van der Waals surface area (Å²) in [6.07, 6.45) is 8.40. The molecule has 0 unspecified atom stereocenters. The summed E-state index contributed by atoms with van der Waals surface area (Å²) in [6.45, 7) is 0.311. The van der Waals surface area contributed by atoms with E-state index in [-0.39, 0.29) is 11.6 Å². The van der Waals surface area contributed by atoms with Gasteiger partial charge in [-0.1, -0.05) is 25.7 Å². The number of halogens is 1. The van der Waals surface area contributed by atoms with Crippen LogP contribution in [0, 0.1) is 11.2 Å². The summed E-state index contributed by atoms with van der Waals surface area (Å²) in [5.74, 6) is -0.682. The number of carbonyl (C=O) groups excluding carboxylic acids is 1. The van der Waals surface area contributed by atoms with E-state index in [1.807, 2.05) is 0 Å². The highest BCUT2D eigenvalue weighted by Gasteiger charge is 2.37. The van der Waals surface area contributed by atoms with Crippen LogP contribution in [-0.2, 0) is 4.79 Å². The zero-order valence-electron chi connectivity index (χ0n) is 11.0. The number of nitrogens with zero attached hydrogens (tertiary/aromatic N) is 1. The average molecular weight is 265 g/mol. The SMILES string of the molecule is NCC1(C(=O)Nc2ccncc2F)CCCCCC1. The molecule has 104 valence electrons. The Balaban J connectivity index is 2.14. The molecule has 19 heavy (non-hydrogen) atoms. The van der Waals surface area contributed by atoms with Crippen LogP contribution < -0.4 is 11.1 Å². The highest BCUT2D eigenvalue weighted by molar-refractivity contribution is 5.95. The number of carbonyl (C=O) groups is 1. The third-order valence-electron chi connectivity index (χ3n) is 3.95. The number of nitrogens with two attached hydrogens (primary N) is 1. The molecule has 5 heteroatoms. The smallest absolute Gasteiger partial charge is 0.231 e. The van der Waals surface area contributed by atoms with Crippen molar-refractivity contribution >= 4 is 11.6 Å². The van der Waals surface area contributed by atoms with Crippen molar-refractivity contribution in [3.63, 3.8) is 0 Å². The van der Waals surface area contributed by atoms with Crippen LogP contribution in [0.25, 0.3) is 0 Å². The molecular formula is C14H20FN3O. The van der Waals surface area contributed by atoms with Gasteiger partial charge in [0.15, 0.2) is 5.82 Å².